The van der Waals surface area contributed by atoms with Crippen molar-refractivity contribution in [3.8, 4) is 22.8 Å². The lowest BCUT2D eigenvalue weighted by molar-refractivity contribution is -0.139. The van der Waals surface area contributed by atoms with Gasteiger partial charge in [0.05, 0.1) is 28.5 Å². The van der Waals surface area contributed by atoms with Crippen LogP contribution in [0.1, 0.15) is 47.9 Å². The van der Waals surface area contributed by atoms with Gasteiger partial charge in [-0.25, -0.2) is 9.79 Å². The van der Waals surface area contributed by atoms with Gasteiger partial charge in [0.2, 0.25) is 6.79 Å². The van der Waals surface area contributed by atoms with Crippen molar-refractivity contribution in [2.45, 2.75) is 40.7 Å². The Kier molecular flexibility index (Phi) is 6.46. The van der Waals surface area contributed by atoms with E-state index in [0.717, 1.165) is 11.3 Å². The maximum absolute atomic E-state index is 13.9. The van der Waals surface area contributed by atoms with E-state index >= 15 is 0 Å². The molecular weight excluding hydrogens is 528 g/mol. The van der Waals surface area contributed by atoms with Gasteiger partial charge in [0.25, 0.3) is 5.56 Å². The molecule has 2 aromatic heterocycles. The Morgan fingerprint density at radius 3 is 2.58 bits per heavy atom. The molecule has 0 aliphatic carbocycles. The number of ether oxygens (including phenoxy) is 3. The Morgan fingerprint density at radius 2 is 1.82 bits per heavy atom. The highest BCUT2D eigenvalue weighted by Crippen LogP contribution is 2.38. The van der Waals surface area contributed by atoms with Crippen LogP contribution in [-0.4, -0.2) is 23.9 Å². The predicted octanol–water partition coefficient (Wildman–Crippen LogP) is 4.71. The lowest BCUT2D eigenvalue weighted by Crippen LogP contribution is -2.39. The number of hydrogen-bond donors (Lipinski definition) is 0. The van der Waals surface area contributed by atoms with E-state index in [1.807, 2.05) is 18.2 Å². The first-order chi connectivity index (χ1) is 19.2. The Balaban J connectivity index is 1.47. The average molecular weight is 557 g/mol. The van der Waals surface area contributed by atoms with Crippen molar-refractivity contribution in [1.29, 1.82) is 0 Å². The van der Waals surface area contributed by atoms with Crippen molar-refractivity contribution in [3.63, 3.8) is 0 Å². The van der Waals surface area contributed by atoms with Crippen molar-refractivity contribution < 1.29 is 23.4 Å². The number of allylic oxidation sites excluding steroid dienone is 1. The normalized spacial score (nSPS) is 16.2. The highest BCUT2D eigenvalue weighted by Gasteiger charge is 2.34. The molecule has 0 spiro atoms. The van der Waals surface area contributed by atoms with Gasteiger partial charge in [0.1, 0.15) is 11.5 Å². The van der Waals surface area contributed by atoms with Gasteiger partial charge in [-0.05, 0) is 93.3 Å². The van der Waals surface area contributed by atoms with E-state index in [9.17, 15) is 9.59 Å². The summed E-state index contributed by atoms with van der Waals surface area (Å²) in [6.07, 6.45) is 1.72. The van der Waals surface area contributed by atoms with E-state index < -0.39 is 12.0 Å². The zero-order valence-electron chi connectivity index (χ0n) is 22.9. The molecule has 0 N–H and O–H groups in total. The zero-order valence-corrected chi connectivity index (χ0v) is 23.7. The lowest BCUT2D eigenvalue weighted by atomic mass is 9.95. The van der Waals surface area contributed by atoms with Crippen LogP contribution in [0.5, 0.6) is 11.5 Å². The highest BCUT2D eigenvalue weighted by molar-refractivity contribution is 7.07. The molecule has 204 valence electrons. The molecule has 0 saturated heterocycles. The van der Waals surface area contributed by atoms with Crippen LogP contribution < -0.4 is 24.4 Å². The minimum atomic E-state index is -0.738. The number of rotatable bonds is 5. The van der Waals surface area contributed by atoms with Gasteiger partial charge in [-0.3, -0.25) is 9.36 Å². The number of aryl methyl sites for hydroxylation is 2. The fraction of sp³-hybridized carbons (Fsp3) is 0.258. The van der Waals surface area contributed by atoms with Crippen molar-refractivity contribution in [2.24, 2.45) is 4.99 Å². The summed E-state index contributed by atoms with van der Waals surface area (Å²) >= 11 is 1.25. The second-order valence-corrected chi connectivity index (χ2v) is 10.9. The largest absolute Gasteiger partial charge is 0.463 e. The summed E-state index contributed by atoms with van der Waals surface area (Å²) in [5, 5.41) is 0. The molecular formula is C31H28N2O6S. The molecule has 1 unspecified atom stereocenters. The molecule has 0 fully saturated rings. The maximum Gasteiger partial charge on any atom is 0.338 e. The third-order valence-electron chi connectivity index (χ3n) is 7.34. The van der Waals surface area contributed by atoms with Crippen molar-refractivity contribution in [3.05, 3.63) is 101 Å². The summed E-state index contributed by atoms with van der Waals surface area (Å²) in [7, 11) is 0. The number of benzene rings is 2. The predicted molar refractivity (Wildman–Crippen MR) is 151 cm³/mol. The molecule has 4 aromatic rings. The molecule has 0 radical (unpaired) electrons. The van der Waals surface area contributed by atoms with Gasteiger partial charge >= 0.3 is 5.97 Å². The van der Waals surface area contributed by atoms with E-state index in [4.69, 9.17) is 18.6 Å². The summed E-state index contributed by atoms with van der Waals surface area (Å²) in [6.45, 7) is 10.1. The minimum absolute atomic E-state index is 0.119. The third-order valence-corrected chi connectivity index (χ3v) is 8.32. The van der Waals surface area contributed by atoms with E-state index in [-0.39, 0.29) is 19.0 Å². The van der Waals surface area contributed by atoms with Crippen LogP contribution in [0, 0.1) is 20.8 Å². The van der Waals surface area contributed by atoms with E-state index in [0.29, 0.717) is 43.4 Å². The summed E-state index contributed by atoms with van der Waals surface area (Å²) < 4.78 is 24.6. The number of hydrogen-bond acceptors (Lipinski definition) is 8. The minimum Gasteiger partial charge on any atom is -0.463 e. The van der Waals surface area contributed by atoms with Gasteiger partial charge < -0.3 is 18.6 Å². The summed E-state index contributed by atoms with van der Waals surface area (Å²) in [4.78, 5) is 32.1. The molecule has 8 nitrogen and oxygen atoms in total. The zero-order chi connectivity index (χ0) is 28.1. The Bertz CT molecular complexity index is 1870. The first-order valence-electron chi connectivity index (χ1n) is 13.0. The van der Waals surface area contributed by atoms with Crippen LogP contribution in [-0.2, 0) is 9.53 Å². The average Bonchev–Trinajstić information content (AvgIpc) is 3.65. The molecule has 9 heteroatoms. The lowest BCUT2D eigenvalue weighted by Gasteiger charge is -2.24. The summed E-state index contributed by atoms with van der Waals surface area (Å²) in [5.74, 6) is 1.94. The number of carbonyl (C=O) groups is 1. The van der Waals surface area contributed by atoms with Crippen LogP contribution in [0.2, 0.25) is 0 Å². The first kappa shape index (κ1) is 25.9. The highest BCUT2D eigenvalue weighted by atomic mass is 32.1. The number of carbonyl (C=O) groups excluding carboxylic acids is 1. The fourth-order valence-electron chi connectivity index (χ4n) is 5.08. The molecule has 2 aliphatic rings. The molecule has 4 heterocycles. The molecule has 2 aliphatic heterocycles. The fourth-order valence-corrected chi connectivity index (χ4v) is 6.11. The monoisotopic (exact) mass is 556 g/mol. The quantitative estimate of drug-likeness (QED) is 0.331. The Labute approximate surface area is 234 Å². The maximum atomic E-state index is 13.9. The van der Waals surface area contributed by atoms with Crippen LogP contribution >= 0.6 is 11.3 Å². The Morgan fingerprint density at radius 1 is 1.07 bits per heavy atom. The molecule has 1 atom stereocenters. The van der Waals surface area contributed by atoms with Crippen LogP contribution in [0.25, 0.3) is 17.4 Å². The van der Waals surface area contributed by atoms with Crippen LogP contribution in [0.15, 0.2) is 67.9 Å². The molecule has 40 heavy (non-hydrogen) atoms. The van der Waals surface area contributed by atoms with E-state index in [1.54, 1.807) is 36.6 Å². The molecule has 0 saturated carbocycles. The third kappa shape index (κ3) is 4.36. The van der Waals surface area contributed by atoms with Gasteiger partial charge in [-0.1, -0.05) is 17.4 Å². The number of aromatic nitrogens is 1. The van der Waals surface area contributed by atoms with Gasteiger partial charge in [-0.2, -0.15) is 0 Å². The van der Waals surface area contributed by atoms with E-state index in [1.165, 1.54) is 28.0 Å². The Hall–Kier alpha value is -4.37. The number of fused-ring (bicyclic) bond motifs is 2. The van der Waals surface area contributed by atoms with Crippen molar-refractivity contribution in [1.82, 2.24) is 4.57 Å². The summed E-state index contributed by atoms with van der Waals surface area (Å²) in [6, 6.07) is 12.6. The van der Waals surface area contributed by atoms with Gasteiger partial charge in [0.15, 0.2) is 16.3 Å². The van der Waals surface area contributed by atoms with Crippen LogP contribution in [0.4, 0.5) is 0 Å². The van der Waals surface area contributed by atoms with E-state index in [2.05, 4.69) is 37.9 Å². The molecule has 2 aromatic carbocycles. The number of furan rings is 1. The number of nitrogens with zero attached hydrogens (tertiary/aromatic N) is 2. The smallest absolute Gasteiger partial charge is 0.338 e. The second kappa shape index (κ2) is 9.98. The SMILES string of the molecule is CCOC(=O)C1=C(C)N=c2sc(=Cc3ccc(-c4cc(C)c(C)c(C)c4)o3)c(=O)n2C1c1ccc2c(c1)OCO2. The van der Waals surface area contributed by atoms with Gasteiger partial charge in [-0.15, -0.1) is 0 Å². The van der Waals surface area contributed by atoms with Crippen LogP contribution in [0.3, 0.4) is 0 Å². The van der Waals surface area contributed by atoms with Crippen molar-refractivity contribution >= 4 is 23.4 Å². The first-order valence-corrected chi connectivity index (χ1v) is 13.8. The molecule has 0 bridgehead atoms. The molecule has 6 rings (SSSR count). The van der Waals surface area contributed by atoms with Crippen molar-refractivity contribution in [2.75, 3.05) is 13.4 Å². The number of esters is 1. The van der Waals surface area contributed by atoms with Gasteiger partial charge in [0, 0.05) is 11.6 Å². The molecule has 0 amide bonds. The number of thiazole rings is 1. The second-order valence-electron chi connectivity index (χ2n) is 9.85. The topological polar surface area (TPSA) is 92.3 Å². The summed E-state index contributed by atoms with van der Waals surface area (Å²) in [5.41, 5.74) is 5.85. The standard InChI is InChI=1S/C31H28N2O6S/c1-6-36-30(35)27-19(5)32-31-33(28(27)20-7-9-24-25(13-20)38-15-37-24)29(34)26(40-31)14-22-8-10-23(39-22)21-11-16(2)18(4)17(3)12-21/h7-14,28H,6,15H2,1-5H3.